The van der Waals surface area contributed by atoms with Gasteiger partial charge in [0.1, 0.15) is 17.3 Å². The molecule has 6 fully saturated rings. The molecule has 4 aliphatic heterocycles. The Bertz CT molecular complexity index is 1110. The van der Waals surface area contributed by atoms with E-state index in [1.807, 2.05) is 13.8 Å². The Labute approximate surface area is 224 Å². The fourth-order valence-electron chi connectivity index (χ4n) is 10.2. The Morgan fingerprint density at radius 2 is 1.92 bits per heavy atom. The molecule has 2 N–H and O–H groups in total. The predicted molar refractivity (Wildman–Crippen MR) is 135 cm³/mol. The molecule has 4 aliphatic carbocycles. The molecule has 1 unspecified atom stereocenters. The normalized spacial score (nSPS) is 49.3. The minimum Gasteiger partial charge on any atom is -0.469 e. The van der Waals surface area contributed by atoms with Crippen LogP contribution >= 0.6 is 0 Å². The Morgan fingerprint density at radius 1 is 1.13 bits per heavy atom. The standard InChI is InChI=1S/C30H42O8/c1-16-18-9-10-19-28-15-35-30(29(19,22(16)32)25(18)37-27(4,5)38-30)23(33)21(28)26(2,3)14-17-8-11-20(36-24(17)28)34-13-7-6-12-31/h18-21,23,25,31,33H,1,6-15H2,2-5H3/t18-,19-,20+,21+,23-,25?,28-,29-,30-/m0/s1. The van der Waals surface area contributed by atoms with Gasteiger partial charge in [0, 0.05) is 24.9 Å². The summed E-state index contributed by atoms with van der Waals surface area (Å²) in [4.78, 5) is 14.4. The molecule has 8 heteroatoms. The van der Waals surface area contributed by atoms with Crippen molar-refractivity contribution in [2.24, 2.45) is 34.0 Å². The molecule has 38 heavy (non-hydrogen) atoms. The predicted octanol–water partition coefficient (Wildman–Crippen LogP) is 3.60. The van der Waals surface area contributed by atoms with Crippen LogP contribution in [0.5, 0.6) is 0 Å². The Kier molecular flexibility index (Phi) is 5.35. The third-order valence-corrected chi connectivity index (χ3v) is 11.1. The minimum atomic E-state index is -1.49. The third-order valence-electron chi connectivity index (χ3n) is 11.1. The highest BCUT2D eigenvalue weighted by Crippen LogP contribution is 2.80. The molecule has 8 rings (SSSR count). The third kappa shape index (κ3) is 2.80. The zero-order valence-electron chi connectivity index (χ0n) is 23.1. The highest BCUT2D eigenvalue weighted by molar-refractivity contribution is 6.05. The topological polar surface area (TPSA) is 104 Å². The number of carbonyl (C=O) groups is 1. The van der Waals surface area contributed by atoms with Gasteiger partial charge >= 0.3 is 0 Å². The van der Waals surface area contributed by atoms with Crippen LogP contribution in [-0.2, 0) is 28.5 Å². The number of unbranched alkanes of at least 4 members (excludes halogenated alkanes) is 1. The highest BCUT2D eigenvalue weighted by atomic mass is 16.8. The van der Waals surface area contributed by atoms with Gasteiger partial charge in [0.2, 0.25) is 5.79 Å². The van der Waals surface area contributed by atoms with E-state index in [2.05, 4.69) is 20.4 Å². The fourth-order valence-corrected chi connectivity index (χ4v) is 10.2. The molecule has 3 saturated carbocycles. The molecular weight excluding hydrogens is 488 g/mol. The summed E-state index contributed by atoms with van der Waals surface area (Å²) in [6.45, 7) is 13.4. The van der Waals surface area contributed by atoms with E-state index in [-0.39, 0.29) is 35.6 Å². The molecule has 0 aromatic heterocycles. The molecule has 3 saturated heterocycles. The summed E-state index contributed by atoms with van der Waals surface area (Å²) in [6, 6.07) is 0. The van der Waals surface area contributed by atoms with Crippen molar-refractivity contribution in [2.45, 2.75) is 103 Å². The molecule has 0 amide bonds. The van der Waals surface area contributed by atoms with Crippen molar-refractivity contribution < 1.29 is 38.7 Å². The van der Waals surface area contributed by atoms with Crippen LogP contribution in [0.1, 0.15) is 72.6 Å². The second-order valence-corrected chi connectivity index (χ2v) is 13.9. The molecule has 210 valence electrons. The maximum atomic E-state index is 14.4. The first-order valence-corrected chi connectivity index (χ1v) is 14.5. The zero-order chi connectivity index (χ0) is 26.9. The van der Waals surface area contributed by atoms with Crippen LogP contribution in [0, 0.1) is 34.0 Å². The largest absolute Gasteiger partial charge is 0.469 e. The van der Waals surface area contributed by atoms with Crippen molar-refractivity contribution in [1.82, 2.24) is 0 Å². The quantitative estimate of drug-likeness (QED) is 0.411. The summed E-state index contributed by atoms with van der Waals surface area (Å²) >= 11 is 0. The zero-order valence-corrected chi connectivity index (χ0v) is 23.1. The van der Waals surface area contributed by atoms with Crippen molar-refractivity contribution in [3.05, 3.63) is 23.5 Å². The van der Waals surface area contributed by atoms with E-state index >= 15 is 0 Å². The number of hydrogen-bond donors (Lipinski definition) is 2. The summed E-state index contributed by atoms with van der Waals surface area (Å²) in [5.74, 6) is -2.20. The number of carbonyl (C=O) groups excluding carboxylic acids is 1. The molecule has 0 aromatic carbocycles. The Balaban J connectivity index is 1.39. The Morgan fingerprint density at radius 3 is 2.68 bits per heavy atom. The van der Waals surface area contributed by atoms with Gasteiger partial charge in [-0.05, 0) is 74.9 Å². The van der Waals surface area contributed by atoms with Crippen LogP contribution in [0.15, 0.2) is 23.5 Å². The summed E-state index contributed by atoms with van der Waals surface area (Å²) < 4.78 is 32.9. The van der Waals surface area contributed by atoms with E-state index in [4.69, 9.17) is 28.8 Å². The van der Waals surface area contributed by atoms with Gasteiger partial charge < -0.3 is 33.9 Å². The highest BCUT2D eigenvalue weighted by Gasteiger charge is 2.90. The SMILES string of the molecule is C=C1C(=O)[C@@]23C4OC(C)(C)O[C@]25OC[C@]2(C6=C(CC[C@H](OCCCCO)O6)CC(C)(C)[C@H]2[C@@H]5O)[C@@H]3CC[C@@H]14. The maximum absolute atomic E-state index is 14.4. The molecule has 9 atom stereocenters. The van der Waals surface area contributed by atoms with E-state index in [0.29, 0.717) is 25.2 Å². The lowest BCUT2D eigenvalue weighted by Crippen LogP contribution is -2.87. The number of rotatable bonds is 5. The van der Waals surface area contributed by atoms with Crippen molar-refractivity contribution in [3.63, 3.8) is 0 Å². The summed E-state index contributed by atoms with van der Waals surface area (Å²) in [5, 5.41) is 21.6. The second kappa shape index (κ2) is 7.92. The number of ketones is 1. The van der Waals surface area contributed by atoms with Gasteiger partial charge in [-0.3, -0.25) is 4.79 Å². The van der Waals surface area contributed by atoms with Gasteiger partial charge in [0.15, 0.2) is 17.9 Å². The molecular formula is C30H42O8. The monoisotopic (exact) mass is 530 g/mol. The molecule has 0 aromatic rings. The van der Waals surface area contributed by atoms with Crippen molar-refractivity contribution in [3.8, 4) is 0 Å². The Hall–Kier alpha value is -1.29. The van der Waals surface area contributed by atoms with Crippen molar-refractivity contribution >= 4 is 5.78 Å². The fraction of sp³-hybridized carbons (Fsp3) is 0.833. The average molecular weight is 531 g/mol. The lowest BCUT2D eigenvalue weighted by Gasteiger charge is -2.77. The van der Waals surface area contributed by atoms with Crippen LogP contribution < -0.4 is 0 Å². The number of allylic oxidation sites excluding steroid dienone is 1. The van der Waals surface area contributed by atoms with Gasteiger partial charge in [0.25, 0.3) is 0 Å². The minimum absolute atomic E-state index is 0.0692. The lowest BCUT2D eigenvalue weighted by molar-refractivity contribution is -0.527. The van der Waals surface area contributed by atoms with Crippen LogP contribution in [0.25, 0.3) is 0 Å². The first-order valence-electron chi connectivity index (χ1n) is 14.5. The van der Waals surface area contributed by atoms with E-state index in [9.17, 15) is 9.90 Å². The van der Waals surface area contributed by atoms with Crippen LogP contribution in [0.4, 0.5) is 0 Å². The molecule has 3 spiro atoms. The first kappa shape index (κ1) is 25.7. The number of fused-ring (bicyclic) bond motifs is 1. The molecule has 8 nitrogen and oxygen atoms in total. The van der Waals surface area contributed by atoms with Gasteiger partial charge in [-0.15, -0.1) is 0 Å². The smallest absolute Gasteiger partial charge is 0.213 e. The number of aliphatic hydroxyl groups excluding tert-OH is 2. The molecule has 4 bridgehead atoms. The van der Waals surface area contributed by atoms with Gasteiger partial charge in [-0.25, -0.2) is 0 Å². The van der Waals surface area contributed by atoms with E-state index in [1.165, 1.54) is 5.57 Å². The average Bonchev–Trinajstić information content (AvgIpc) is 2.97. The van der Waals surface area contributed by atoms with E-state index in [1.54, 1.807) is 0 Å². The molecule has 4 heterocycles. The van der Waals surface area contributed by atoms with Gasteiger partial charge in [0.05, 0.1) is 24.7 Å². The van der Waals surface area contributed by atoms with Crippen molar-refractivity contribution in [1.29, 1.82) is 0 Å². The van der Waals surface area contributed by atoms with Crippen LogP contribution in [-0.4, -0.2) is 65.9 Å². The second-order valence-electron chi connectivity index (χ2n) is 13.9. The summed E-state index contributed by atoms with van der Waals surface area (Å²) in [6.07, 6.45) is 3.60. The van der Waals surface area contributed by atoms with Crippen LogP contribution in [0.3, 0.4) is 0 Å². The van der Waals surface area contributed by atoms with E-state index < -0.39 is 40.9 Å². The summed E-state index contributed by atoms with van der Waals surface area (Å²) in [5.41, 5.74) is -0.285. The molecule has 0 radical (unpaired) electrons. The number of Topliss-reactive ketones (excluding diaryl/α,β-unsaturated/α-hetero) is 1. The van der Waals surface area contributed by atoms with Crippen molar-refractivity contribution in [2.75, 3.05) is 19.8 Å². The van der Waals surface area contributed by atoms with Gasteiger partial charge in [-0.2, -0.15) is 0 Å². The first-order chi connectivity index (χ1) is 18.0. The maximum Gasteiger partial charge on any atom is 0.213 e. The number of ether oxygens (including phenoxy) is 5. The number of hydrogen-bond acceptors (Lipinski definition) is 8. The van der Waals surface area contributed by atoms with Gasteiger partial charge in [-0.1, -0.05) is 20.4 Å². The summed E-state index contributed by atoms with van der Waals surface area (Å²) in [7, 11) is 0. The lowest BCUT2D eigenvalue weighted by atomic mass is 9.36. The van der Waals surface area contributed by atoms with Crippen LogP contribution in [0.2, 0.25) is 0 Å². The molecule has 8 aliphatic rings. The number of aliphatic hydroxyl groups is 2. The van der Waals surface area contributed by atoms with E-state index in [0.717, 1.165) is 44.3 Å².